The lowest BCUT2D eigenvalue weighted by atomic mass is 10.1. The van der Waals surface area contributed by atoms with Crippen LogP contribution in [0.25, 0.3) is 0 Å². The molecule has 1 aromatic rings. The van der Waals surface area contributed by atoms with Gasteiger partial charge < -0.3 is 10.6 Å². The topological polar surface area (TPSA) is 47.6 Å². The molecule has 0 saturated heterocycles. The Balaban J connectivity index is 2.57. The third kappa shape index (κ3) is 3.25. The quantitative estimate of drug-likeness (QED) is 0.430. The van der Waals surface area contributed by atoms with Crippen molar-refractivity contribution < 1.29 is 4.84 Å². The predicted octanol–water partition coefficient (Wildman–Crippen LogP) is 1.39. The van der Waals surface area contributed by atoms with Crippen LogP contribution in [0.4, 0.5) is 0 Å². The van der Waals surface area contributed by atoms with Crippen LogP contribution in [0, 0.1) is 0 Å². The van der Waals surface area contributed by atoms with E-state index in [0.29, 0.717) is 13.2 Å². The molecule has 1 rings (SSSR count). The predicted molar refractivity (Wildman–Crippen MR) is 53.7 cm³/mol. The molecular formula is C10H14N2O. The molecular weight excluding hydrogens is 164 g/mol. The van der Waals surface area contributed by atoms with Gasteiger partial charge in [0.25, 0.3) is 0 Å². The van der Waals surface area contributed by atoms with Crippen molar-refractivity contribution >= 4 is 5.71 Å². The zero-order valence-corrected chi connectivity index (χ0v) is 7.73. The third-order valence-corrected chi connectivity index (χ3v) is 1.60. The van der Waals surface area contributed by atoms with E-state index in [1.54, 1.807) is 0 Å². The van der Waals surface area contributed by atoms with E-state index in [1.165, 1.54) is 0 Å². The zero-order valence-electron chi connectivity index (χ0n) is 7.73. The van der Waals surface area contributed by atoms with E-state index in [1.807, 2.05) is 37.3 Å². The van der Waals surface area contributed by atoms with Crippen LogP contribution in [0.1, 0.15) is 12.5 Å². The van der Waals surface area contributed by atoms with E-state index in [2.05, 4.69) is 5.16 Å². The Bertz CT molecular complexity index is 270. The van der Waals surface area contributed by atoms with E-state index >= 15 is 0 Å². The molecule has 0 heterocycles. The molecule has 70 valence electrons. The van der Waals surface area contributed by atoms with Crippen LogP contribution in [0.2, 0.25) is 0 Å². The monoisotopic (exact) mass is 178 g/mol. The molecule has 0 unspecified atom stereocenters. The molecule has 0 atom stereocenters. The van der Waals surface area contributed by atoms with Gasteiger partial charge in [0.15, 0.2) is 0 Å². The number of benzene rings is 1. The summed E-state index contributed by atoms with van der Waals surface area (Å²) in [6.07, 6.45) is 0. The average Bonchev–Trinajstić information content (AvgIpc) is 2.19. The SMILES string of the molecule is CC(=NOCCN)c1ccccc1. The highest BCUT2D eigenvalue weighted by Crippen LogP contribution is 2.00. The smallest absolute Gasteiger partial charge is 0.129 e. The number of nitrogens with zero attached hydrogens (tertiary/aromatic N) is 1. The van der Waals surface area contributed by atoms with Gasteiger partial charge in [-0.1, -0.05) is 35.5 Å². The highest BCUT2D eigenvalue weighted by molar-refractivity contribution is 5.98. The van der Waals surface area contributed by atoms with E-state index in [-0.39, 0.29) is 0 Å². The molecule has 0 aliphatic rings. The van der Waals surface area contributed by atoms with Crippen molar-refractivity contribution in [3.8, 4) is 0 Å². The molecule has 3 heteroatoms. The second kappa shape index (κ2) is 5.32. The van der Waals surface area contributed by atoms with E-state index < -0.39 is 0 Å². The highest BCUT2D eigenvalue weighted by atomic mass is 16.6. The number of hydrogen-bond donors (Lipinski definition) is 1. The lowest BCUT2D eigenvalue weighted by Gasteiger charge is -2.00. The molecule has 0 spiro atoms. The Hall–Kier alpha value is -1.35. The summed E-state index contributed by atoms with van der Waals surface area (Å²) in [6.45, 7) is 2.86. The van der Waals surface area contributed by atoms with Crippen LogP contribution in [-0.4, -0.2) is 18.9 Å². The van der Waals surface area contributed by atoms with Gasteiger partial charge in [-0.2, -0.15) is 0 Å². The minimum Gasteiger partial charge on any atom is -0.394 e. The average molecular weight is 178 g/mol. The molecule has 3 nitrogen and oxygen atoms in total. The molecule has 0 bridgehead atoms. The Morgan fingerprint density at radius 1 is 1.38 bits per heavy atom. The van der Waals surface area contributed by atoms with Gasteiger partial charge in [0.2, 0.25) is 0 Å². The molecule has 0 aliphatic heterocycles. The van der Waals surface area contributed by atoms with Crippen LogP contribution < -0.4 is 5.73 Å². The first kappa shape index (κ1) is 9.74. The van der Waals surface area contributed by atoms with Gasteiger partial charge in [0, 0.05) is 6.54 Å². The van der Waals surface area contributed by atoms with E-state index in [9.17, 15) is 0 Å². The Morgan fingerprint density at radius 3 is 2.69 bits per heavy atom. The van der Waals surface area contributed by atoms with Crippen molar-refractivity contribution in [1.29, 1.82) is 0 Å². The minimum atomic E-state index is 0.462. The van der Waals surface area contributed by atoms with Gasteiger partial charge in [0.1, 0.15) is 6.61 Å². The lowest BCUT2D eigenvalue weighted by Crippen LogP contribution is -2.06. The second-order valence-corrected chi connectivity index (χ2v) is 2.66. The summed E-state index contributed by atoms with van der Waals surface area (Å²) >= 11 is 0. The maximum Gasteiger partial charge on any atom is 0.129 e. The van der Waals surface area contributed by atoms with Crippen LogP contribution in [0.5, 0.6) is 0 Å². The van der Waals surface area contributed by atoms with Gasteiger partial charge in [-0.3, -0.25) is 0 Å². The molecule has 0 fully saturated rings. The Labute approximate surface area is 78.2 Å². The summed E-state index contributed by atoms with van der Waals surface area (Å²) in [7, 11) is 0. The second-order valence-electron chi connectivity index (χ2n) is 2.66. The molecule has 2 N–H and O–H groups in total. The van der Waals surface area contributed by atoms with Crippen LogP contribution in [0.15, 0.2) is 35.5 Å². The number of hydrogen-bond acceptors (Lipinski definition) is 3. The molecule has 0 aromatic heterocycles. The van der Waals surface area contributed by atoms with Gasteiger partial charge >= 0.3 is 0 Å². The van der Waals surface area contributed by atoms with E-state index in [4.69, 9.17) is 10.6 Å². The first-order chi connectivity index (χ1) is 6.34. The summed E-state index contributed by atoms with van der Waals surface area (Å²) < 4.78 is 0. The number of rotatable bonds is 4. The van der Waals surface area contributed by atoms with Crippen molar-refractivity contribution in [3.63, 3.8) is 0 Å². The van der Waals surface area contributed by atoms with Crippen molar-refractivity contribution in [2.24, 2.45) is 10.9 Å². The molecule has 1 aromatic carbocycles. The number of oxime groups is 1. The molecule has 0 saturated carbocycles. The summed E-state index contributed by atoms with van der Waals surface area (Å²) in [5.41, 5.74) is 7.20. The highest BCUT2D eigenvalue weighted by Gasteiger charge is 1.94. The summed E-state index contributed by atoms with van der Waals surface area (Å²) in [6, 6.07) is 9.89. The standard InChI is InChI=1S/C10H14N2O/c1-9(12-13-8-7-11)10-5-3-2-4-6-10/h2-6H,7-8,11H2,1H3. The minimum absolute atomic E-state index is 0.462. The largest absolute Gasteiger partial charge is 0.394 e. The summed E-state index contributed by atoms with van der Waals surface area (Å²) in [5, 5.41) is 3.92. The summed E-state index contributed by atoms with van der Waals surface area (Å²) in [4.78, 5) is 4.96. The zero-order chi connectivity index (χ0) is 9.52. The van der Waals surface area contributed by atoms with Crippen LogP contribution in [0.3, 0.4) is 0 Å². The fraction of sp³-hybridized carbons (Fsp3) is 0.300. The van der Waals surface area contributed by atoms with Gasteiger partial charge in [-0.25, -0.2) is 0 Å². The van der Waals surface area contributed by atoms with Crippen LogP contribution >= 0.6 is 0 Å². The van der Waals surface area contributed by atoms with Crippen molar-refractivity contribution in [2.45, 2.75) is 6.92 Å². The molecule has 0 radical (unpaired) electrons. The van der Waals surface area contributed by atoms with Gasteiger partial charge in [-0.05, 0) is 12.5 Å². The maximum atomic E-state index is 5.26. The summed E-state index contributed by atoms with van der Waals surface area (Å²) in [5.74, 6) is 0. The van der Waals surface area contributed by atoms with Crippen molar-refractivity contribution in [1.82, 2.24) is 0 Å². The molecule has 13 heavy (non-hydrogen) atoms. The van der Waals surface area contributed by atoms with Crippen LogP contribution in [-0.2, 0) is 4.84 Å². The first-order valence-electron chi connectivity index (χ1n) is 4.26. The molecule has 0 amide bonds. The Morgan fingerprint density at radius 2 is 2.08 bits per heavy atom. The fourth-order valence-electron chi connectivity index (χ4n) is 0.927. The van der Waals surface area contributed by atoms with E-state index in [0.717, 1.165) is 11.3 Å². The number of nitrogens with two attached hydrogens (primary N) is 1. The maximum absolute atomic E-state index is 5.26. The van der Waals surface area contributed by atoms with Gasteiger partial charge in [-0.15, -0.1) is 0 Å². The molecule has 0 aliphatic carbocycles. The van der Waals surface area contributed by atoms with Gasteiger partial charge in [0.05, 0.1) is 5.71 Å². The first-order valence-corrected chi connectivity index (χ1v) is 4.26. The fourth-order valence-corrected chi connectivity index (χ4v) is 0.927. The lowest BCUT2D eigenvalue weighted by molar-refractivity contribution is 0.152. The Kier molecular flexibility index (Phi) is 3.99. The normalized spacial score (nSPS) is 11.4. The third-order valence-electron chi connectivity index (χ3n) is 1.60. The van der Waals surface area contributed by atoms with Crippen molar-refractivity contribution in [3.05, 3.63) is 35.9 Å². The van der Waals surface area contributed by atoms with Crippen molar-refractivity contribution in [2.75, 3.05) is 13.2 Å².